The van der Waals surface area contributed by atoms with Gasteiger partial charge in [0.2, 0.25) is 0 Å². The van der Waals surface area contributed by atoms with Crippen LogP contribution in [0.2, 0.25) is 0 Å². The first-order chi connectivity index (χ1) is 7.68. The Bertz CT molecular complexity index is 458. The van der Waals surface area contributed by atoms with Gasteiger partial charge in [0, 0.05) is 26.0 Å². The molecule has 0 aliphatic heterocycles. The molecule has 0 aromatic carbocycles. The van der Waals surface area contributed by atoms with Crippen LogP contribution >= 0.6 is 11.3 Å². The Morgan fingerprint density at radius 1 is 1.50 bits per heavy atom. The number of imidazole rings is 1. The number of aryl methyl sites for hydroxylation is 2. The van der Waals surface area contributed by atoms with Gasteiger partial charge in [-0.1, -0.05) is 0 Å². The summed E-state index contributed by atoms with van der Waals surface area (Å²) in [6.07, 6.45) is 3.81. The van der Waals surface area contributed by atoms with Gasteiger partial charge in [0.05, 0.1) is 6.04 Å². The second-order valence-electron chi connectivity index (χ2n) is 4.08. The fourth-order valence-corrected chi connectivity index (χ4v) is 2.57. The summed E-state index contributed by atoms with van der Waals surface area (Å²) in [7, 11) is 2.02. The van der Waals surface area contributed by atoms with Crippen LogP contribution in [0.15, 0.2) is 23.2 Å². The van der Waals surface area contributed by atoms with E-state index in [2.05, 4.69) is 39.5 Å². The molecule has 1 N–H and O–H groups in total. The quantitative estimate of drug-likeness (QED) is 0.883. The van der Waals surface area contributed by atoms with Crippen LogP contribution in [0.25, 0.3) is 0 Å². The molecule has 0 spiro atoms. The molecule has 0 aliphatic carbocycles. The Balaban J connectivity index is 1.97. The second kappa shape index (κ2) is 4.80. The van der Waals surface area contributed by atoms with E-state index >= 15 is 0 Å². The number of aromatic nitrogens is 2. The van der Waals surface area contributed by atoms with Crippen molar-refractivity contribution in [1.82, 2.24) is 14.9 Å². The van der Waals surface area contributed by atoms with Crippen LogP contribution < -0.4 is 5.32 Å². The zero-order valence-electron chi connectivity index (χ0n) is 9.90. The Kier molecular flexibility index (Phi) is 3.41. The lowest BCUT2D eigenvalue weighted by atomic mass is 10.2. The van der Waals surface area contributed by atoms with Crippen molar-refractivity contribution in [2.75, 3.05) is 0 Å². The van der Waals surface area contributed by atoms with Crippen LogP contribution in [0.5, 0.6) is 0 Å². The lowest BCUT2D eigenvalue weighted by molar-refractivity contribution is 0.530. The molecule has 2 heterocycles. The van der Waals surface area contributed by atoms with Crippen LogP contribution in [0.3, 0.4) is 0 Å². The van der Waals surface area contributed by atoms with Gasteiger partial charge < -0.3 is 9.88 Å². The number of nitrogens with zero attached hydrogens (tertiary/aromatic N) is 2. The van der Waals surface area contributed by atoms with Crippen molar-refractivity contribution in [1.29, 1.82) is 0 Å². The summed E-state index contributed by atoms with van der Waals surface area (Å²) >= 11 is 1.76. The minimum absolute atomic E-state index is 0.277. The Morgan fingerprint density at radius 3 is 2.88 bits per heavy atom. The highest BCUT2D eigenvalue weighted by atomic mass is 32.1. The van der Waals surface area contributed by atoms with Crippen molar-refractivity contribution in [2.45, 2.75) is 26.4 Å². The third-order valence-electron chi connectivity index (χ3n) is 2.81. The fourth-order valence-electron chi connectivity index (χ4n) is 1.72. The monoisotopic (exact) mass is 235 g/mol. The first-order valence-electron chi connectivity index (χ1n) is 5.40. The molecule has 16 heavy (non-hydrogen) atoms. The summed E-state index contributed by atoms with van der Waals surface area (Å²) in [6.45, 7) is 5.20. The van der Waals surface area contributed by atoms with E-state index in [9.17, 15) is 0 Å². The van der Waals surface area contributed by atoms with Gasteiger partial charge in [-0.25, -0.2) is 4.98 Å². The van der Waals surface area contributed by atoms with E-state index in [0.29, 0.717) is 0 Å². The van der Waals surface area contributed by atoms with Crippen molar-refractivity contribution >= 4 is 11.3 Å². The number of hydrogen-bond acceptors (Lipinski definition) is 3. The van der Waals surface area contributed by atoms with Crippen molar-refractivity contribution < 1.29 is 0 Å². The lowest BCUT2D eigenvalue weighted by Gasteiger charge is -2.13. The topological polar surface area (TPSA) is 29.9 Å². The molecule has 0 amide bonds. The standard InChI is InChI=1S/C12H17N3S/c1-9-7-16-8-11(9)6-14-10(2)12-13-4-5-15(12)3/h4-5,7-8,10,14H,6H2,1-3H3. The maximum atomic E-state index is 4.34. The molecule has 2 rings (SSSR count). The molecular weight excluding hydrogens is 218 g/mol. The summed E-state index contributed by atoms with van der Waals surface area (Å²) in [5, 5.41) is 7.88. The minimum atomic E-state index is 0.277. The average Bonchev–Trinajstić information content (AvgIpc) is 2.84. The number of hydrogen-bond donors (Lipinski definition) is 1. The van der Waals surface area contributed by atoms with Gasteiger partial charge in [-0.2, -0.15) is 11.3 Å². The van der Waals surface area contributed by atoms with Crippen LogP contribution in [-0.2, 0) is 13.6 Å². The Morgan fingerprint density at radius 2 is 2.31 bits per heavy atom. The summed E-state index contributed by atoms with van der Waals surface area (Å²) in [6, 6.07) is 0.277. The van der Waals surface area contributed by atoms with E-state index in [1.54, 1.807) is 11.3 Å². The number of nitrogens with one attached hydrogen (secondary N) is 1. The summed E-state index contributed by atoms with van der Waals surface area (Å²) < 4.78 is 2.05. The maximum Gasteiger partial charge on any atom is 0.125 e. The zero-order chi connectivity index (χ0) is 11.5. The highest BCUT2D eigenvalue weighted by Gasteiger charge is 2.09. The van der Waals surface area contributed by atoms with Crippen LogP contribution in [0.1, 0.15) is 29.9 Å². The molecular formula is C12H17N3S. The highest BCUT2D eigenvalue weighted by molar-refractivity contribution is 7.08. The van der Waals surface area contributed by atoms with Gasteiger partial charge in [0.1, 0.15) is 5.82 Å². The molecule has 4 heteroatoms. The van der Waals surface area contributed by atoms with E-state index in [1.165, 1.54) is 11.1 Å². The maximum absolute atomic E-state index is 4.34. The molecule has 0 bridgehead atoms. The molecule has 0 radical (unpaired) electrons. The molecule has 3 nitrogen and oxygen atoms in total. The van der Waals surface area contributed by atoms with Crippen molar-refractivity contribution in [2.24, 2.45) is 7.05 Å². The molecule has 1 unspecified atom stereocenters. The normalized spacial score (nSPS) is 12.9. The zero-order valence-corrected chi connectivity index (χ0v) is 10.7. The van der Waals surface area contributed by atoms with Crippen LogP contribution in [0, 0.1) is 6.92 Å². The Hall–Kier alpha value is -1.13. The first kappa shape index (κ1) is 11.4. The van der Waals surface area contributed by atoms with Gasteiger partial charge >= 0.3 is 0 Å². The molecule has 2 aromatic heterocycles. The molecule has 86 valence electrons. The number of rotatable bonds is 4. The van der Waals surface area contributed by atoms with Crippen LogP contribution in [0.4, 0.5) is 0 Å². The molecule has 0 fully saturated rings. The van der Waals surface area contributed by atoms with Crippen molar-refractivity contribution in [3.8, 4) is 0 Å². The third-order valence-corrected chi connectivity index (χ3v) is 3.72. The number of thiophene rings is 1. The van der Waals surface area contributed by atoms with Crippen molar-refractivity contribution in [3.63, 3.8) is 0 Å². The van der Waals surface area contributed by atoms with E-state index < -0.39 is 0 Å². The lowest BCUT2D eigenvalue weighted by Crippen LogP contribution is -2.21. The van der Waals surface area contributed by atoms with Gasteiger partial charge in [-0.15, -0.1) is 0 Å². The SMILES string of the molecule is Cc1cscc1CNC(C)c1nccn1C. The summed E-state index contributed by atoms with van der Waals surface area (Å²) in [5.74, 6) is 1.08. The summed E-state index contributed by atoms with van der Waals surface area (Å²) in [4.78, 5) is 4.34. The molecule has 0 aliphatic rings. The molecule has 2 aromatic rings. The van der Waals surface area contributed by atoms with Gasteiger partial charge in [-0.3, -0.25) is 0 Å². The van der Waals surface area contributed by atoms with E-state index in [1.807, 2.05) is 19.4 Å². The van der Waals surface area contributed by atoms with Crippen molar-refractivity contribution in [3.05, 3.63) is 40.1 Å². The fraction of sp³-hybridized carbons (Fsp3) is 0.417. The van der Waals surface area contributed by atoms with E-state index in [0.717, 1.165) is 12.4 Å². The molecule has 0 saturated heterocycles. The largest absolute Gasteiger partial charge is 0.337 e. The van der Waals surface area contributed by atoms with E-state index in [-0.39, 0.29) is 6.04 Å². The van der Waals surface area contributed by atoms with E-state index in [4.69, 9.17) is 0 Å². The predicted molar refractivity (Wildman–Crippen MR) is 67.5 cm³/mol. The van der Waals surface area contributed by atoms with Gasteiger partial charge in [-0.05, 0) is 35.7 Å². The third kappa shape index (κ3) is 2.33. The van der Waals surface area contributed by atoms with Gasteiger partial charge in [0.15, 0.2) is 0 Å². The second-order valence-corrected chi connectivity index (χ2v) is 4.82. The Labute approximate surface area is 100 Å². The summed E-state index contributed by atoms with van der Waals surface area (Å²) in [5.41, 5.74) is 2.75. The predicted octanol–water partition coefficient (Wildman–Crippen LogP) is 2.64. The average molecular weight is 235 g/mol. The van der Waals surface area contributed by atoms with Crippen LogP contribution in [-0.4, -0.2) is 9.55 Å². The first-order valence-corrected chi connectivity index (χ1v) is 6.35. The highest BCUT2D eigenvalue weighted by Crippen LogP contribution is 2.15. The molecule has 1 atom stereocenters. The smallest absolute Gasteiger partial charge is 0.125 e. The molecule has 0 saturated carbocycles. The minimum Gasteiger partial charge on any atom is -0.337 e. The van der Waals surface area contributed by atoms with Gasteiger partial charge in [0.25, 0.3) is 0 Å².